The van der Waals surface area contributed by atoms with Gasteiger partial charge in [0.05, 0.1) is 9.91 Å². The van der Waals surface area contributed by atoms with Gasteiger partial charge in [0.1, 0.15) is 6.07 Å². The van der Waals surface area contributed by atoms with Crippen molar-refractivity contribution >= 4 is 28.5 Å². The molecule has 0 fully saturated rings. The predicted molar refractivity (Wildman–Crippen MR) is 57.8 cm³/mol. The minimum absolute atomic E-state index is 0.385. The molecular weight excluding hydrogens is 202 g/mol. The van der Waals surface area contributed by atoms with E-state index in [-0.39, 0.29) is 0 Å². The number of thiophene rings is 1. The Balaban J connectivity index is 2.99. The molecule has 3 heteroatoms. The molecule has 1 aromatic heterocycles. The second-order valence-corrected chi connectivity index (χ2v) is 4.76. The number of rotatable bonds is 2. The van der Waals surface area contributed by atoms with Gasteiger partial charge in [-0.15, -0.1) is 11.3 Å². The normalized spacial score (nSPS) is 11.8. The summed E-state index contributed by atoms with van der Waals surface area (Å²) in [5.41, 5.74) is 0.715. The minimum atomic E-state index is 0.385. The Labute approximate surface area is 87.3 Å². The lowest BCUT2D eigenvalue weighted by Gasteiger charge is -1.96. The lowest BCUT2D eigenvalue weighted by molar-refractivity contribution is 0.834. The third-order valence-electron chi connectivity index (χ3n) is 1.46. The summed E-state index contributed by atoms with van der Waals surface area (Å²) in [6.45, 7) is 4.10. The highest BCUT2D eigenvalue weighted by atomic mass is 35.5. The van der Waals surface area contributed by atoms with Crippen molar-refractivity contribution in [3.05, 3.63) is 27.4 Å². The van der Waals surface area contributed by atoms with Gasteiger partial charge in [-0.25, -0.2) is 0 Å². The van der Waals surface area contributed by atoms with Crippen LogP contribution >= 0.6 is 22.9 Å². The fourth-order valence-corrected chi connectivity index (χ4v) is 1.99. The Morgan fingerprint density at radius 3 is 2.69 bits per heavy atom. The molecule has 0 unspecified atom stereocenters. The van der Waals surface area contributed by atoms with E-state index >= 15 is 0 Å². The Hall–Kier alpha value is -0.780. The molecule has 0 aromatic carbocycles. The molecule has 68 valence electrons. The zero-order chi connectivity index (χ0) is 9.84. The minimum Gasteiger partial charge on any atom is -0.192 e. The first kappa shape index (κ1) is 10.3. The smallest absolute Gasteiger partial charge is 0.100 e. The third-order valence-corrected chi connectivity index (χ3v) is 2.72. The molecule has 0 radical (unpaired) electrons. The first-order valence-corrected chi connectivity index (χ1v) is 5.20. The summed E-state index contributed by atoms with van der Waals surface area (Å²) < 4.78 is 0.722. The maximum absolute atomic E-state index is 8.88. The van der Waals surface area contributed by atoms with E-state index < -0.39 is 0 Å². The van der Waals surface area contributed by atoms with Crippen molar-refractivity contribution in [2.24, 2.45) is 5.92 Å². The van der Waals surface area contributed by atoms with Gasteiger partial charge in [-0.05, 0) is 18.1 Å². The van der Waals surface area contributed by atoms with E-state index in [4.69, 9.17) is 16.9 Å². The highest BCUT2D eigenvalue weighted by molar-refractivity contribution is 7.17. The van der Waals surface area contributed by atoms with Crippen LogP contribution in [-0.2, 0) is 0 Å². The molecule has 1 rings (SSSR count). The molecular formula is C10H10ClNS. The highest BCUT2D eigenvalue weighted by Gasteiger charge is 2.04. The van der Waals surface area contributed by atoms with E-state index in [1.54, 1.807) is 0 Å². The summed E-state index contributed by atoms with van der Waals surface area (Å²) in [6, 6.07) is 5.87. The molecule has 0 N–H and O–H groups in total. The molecule has 0 aliphatic carbocycles. The average Bonchev–Trinajstić information content (AvgIpc) is 2.47. The molecule has 0 saturated heterocycles. The summed E-state index contributed by atoms with van der Waals surface area (Å²) in [7, 11) is 0. The Morgan fingerprint density at radius 1 is 1.62 bits per heavy atom. The number of hydrogen-bond acceptors (Lipinski definition) is 2. The topological polar surface area (TPSA) is 23.8 Å². The van der Waals surface area contributed by atoms with E-state index in [1.165, 1.54) is 11.3 Å². The van der Waals surface area contributed by atoms with Crippen molar-refractivity contribution in [1.82, 2.24) is 0 Å². The van der Waals surface area contributed by atoms with Crippen LogP contribution < -0.4 is 0 Å². The molecule has 0 spiro atoms. The summed E-state index contributed by atoms with van der Waals surface area (Å²) in [5.74, 6) is 0.385. The standard InChI is InChI=1S/C10H10ClNS/c1-7(2)5-8(6-12)9-3-4-10(11)13-9/h3-5,7H,1-2H3/b8-5-. The molecule has 0 amide bonds. The zero-order valence-electron chi connectivity index (χ0n) is 7.54. The van der Waals surface area contributed by atoms with Gasteiger partial charge in [0.15, 0.2) is 0 Å². The van der Waals surface area contributed by atoms with E-state index in [0.29, 0.717) is 11.5 Å². The van der Waals surface area contributed by atoms with Crippen LogP contribution in [-0.4, -0.2) is 0 Å². The summed E-state index contributed by atoms with van der Waals surface area (Å²) in [6.07, 6.45) is 1.95. The molecule has 0 aliphatic rings. The second-order valence-electron chi connectivity index (χ2n) is 3.04. The van der Waals surface area contributed by atoms with Crippen LogP contribution in [0.1, 0.15) is 18.7 Å². The summed E-state index contributed by atoms with van der Waals surface area (Å²) in [5, 5.41) is 8.88. The number of hydrogen-bond donors (Lipinski definition) is 0. The molecule has 1 nitrogen and oxygen atoms in total. The Morgan fingerprint density at radius 2 is 2.31 bits per heavy atom. The first-order chi connectivity index (χ1) is 6.13. The Kier molecular flexibility index (Phi) is 3.53. The largest absolute Gasteiger partial charge is 0.192 e. The molecule has 1 heterocycles. The maximum atomic E-state index is 8.88. The lowest BCUT2D eigenvalue weighted by atomic mass is 10.1. The van der Waals surface area contributed by atoms with Gasteiger partial charge in [-0.2, -0.15) is 5.26 Å². The van der Waals surface area contributed by atoms with Crippen molar-refractivity contribution in [3.8, 4) is 6.07 Å². The molecule has 1 aromatic rings. The van der Waals surface area contributed by atoms with E-state index in [1.807, 2.05) is 32.1 Å². The molecule has 0 saturated carbocycles. The van der Waals surface area contributed by atoms with Crippen LogP contribution in [0.2, 0.25) is 4.34 Å². The van der Waals surface area contributed by atoms with Gasteiger partial charge in [-0.3, -0.25) is 0 Å². The molecule has 0 aliphatic heterocycles. The van der Waals surface area contributed by atoms with E-state index in [2.05, 4.69) is 6.07 Å². The van der Waals surface area contributed by atoms with Crippen LogP contribution in [0.5, 0.6) is 0 Å². The quantitative estimate of drug-likeness (QED) is 0.680. The first-order valence-electron chi connectivity index (χ1n) is 4.01. The van der Waals surface area contributed by atoms with E-state index in [9.17, 15) is 0 Å². The lowest BCUT2D eigenvalue weighted by Crippen LogP contribution is -1.82. The molecule has 13 heavy (non-hydrogen) atoms. The monoisotopic (exact) mass is 211 g/mol. The van der Waals surface area contributed by atoms with Gasteiger partial charge >= 0.3 is 0 Å². The fourth-order valence-electron chi connectivity index (χ4n) is 0.967. The van der Waals surface area contributed by atoms with Crippen LogP contribution in [0.4, 0.5) is 0 Å². The van der Waals surface area contributed by atoms with Crippen molar-refractivity contribution in [1.29, 1.82) is 5.26 Å². The average molecular weight is 212 g/mol. The van der Waals surface area contributed by atoms with Gasteiger partial charge in [0.25, 0.3) is 0 Å². The van der Waals surface area contributed by atoms with Gasteiger partial charge in [0.2, 0.25) is 0 Å². The van der Waals surface area contributed by atoms with Gasteiger partial charge in [-0.1, -0.05) is 31.5 Å². The summed E-state index contributed by atoms with van der Waals surface area (Å²) >= 11 is 7.22. The van der Waals surface area contributed by atoms with Crippen molar-refractivity contribution in [3.63, 3.8) is 0 Å². The maximum Gasteiger partial charge on any atom is 0.100 e. The van der Waals surface area contributed by atoms with E-state index in [0.717, 1.165) is 9.21 Å². The number of nitrogens with zero attached hydrogens (tertiary/aromatic N) is 1. The van der Waals surface area contributed by atoms with Crippen molar-refractivity contribution in [2.75, 3.05) is 0 Å². The fraction of sp³-hybridized carbons (Fsp3) is 0.300. The van der Waals surface area contributed by atoms with Crippen molar-refractivity contribution < 1.29 is 0 Å². The zero-order valence-corrected chi connectivity index (χ0v) is 9.12. The highest BCUT2D eigenvalue weighted by Crippen LogP contribution is 2.27. The SMILES string of the molecule is CC(C)/C=C(/C#N)c1ccc(Cl)s1. The van der Waals surface area contributed by atoms with Gasteiger partial charge in [0, 0.05) is 4.88 Å². The van der Waals surface area contributed by atoms with Crippen LogP contribution in [0.3, 0.4) is 0 Å². The second kappa shape index (κ2) is 4.45. The molecule has 0 bridgehead atoms. The predicted octanol–water partition coefficient (Wildman–Crippen LogP) is 3.96. The van der Waals surface area contributed by atoms with Gasteiger partial charge < -0.3 is 0 Å². The van der Waals surface area contributed by atoms with Crippen molar-refractivity contribution in [2.45, 2.75) is 13.8 Å². The van der Waals surface area contributed by atoms with Crippen LogP contribution in [0.15, 0.2) is 18.2 Å². The van der Waals surface area contributed by atoms with Crippen LogP contribution in [0.25, 0.3) is 5.57 Å². The number of allylic oxidation sites excluding steroid dienone is 2. The number of halogens is 1. The number of nitriles is 1. The third kappa shape index (κ3) is 2.87. The Bertz CT molecular complexity index is 357. The molecule has 0 atom stereocenters. The van der Waals surface area contributed by atoms with Crippen LogP contribution in [0, 0.1) is 17.2 Å². The summed E-state index contributed by atoms with van der Waals surface area (Å²) in [4.78, 5) is 0.946.